The summed E-state index contributed by atoms with van der Waals surface area (Å²) in [5, 5.41) is 0. The van der Waals surface area contributed by atoms with E-state index in [0.29, 0.717) is 10.7 Å². The van der Waals surface area contributed by atoms with Crippen LogP contribution in [-0.2, 0) is 0 Å². The van der Waals surface area contributed by atoms with Crippen LogP contribution in [0.15, 0.2) is 52.3 Å². The van der Waals surface area contributed by atoms with Gasteiger partial charge in [-0.05, 0) is 30.3 Å². The van der Waals surface area contributed by atoms with Crippen molar-refractivity contribution in [2.75, 3.05) is 14.2 Å². The van der Waals surface area contributed by atoms with E-state index in [4.69, 9.17) is 9.47 Å². The molecule has 21 heavy (non-hydrogen) atoms. The highest BCUT2D eigenvalue weighted by Crippen LogP contribution is 2.41. The van der Waals surface area contributed by atoms with Gasteiger partial charge in [-0.1, -0.05) is 23.9 Å². The van der Waals surface area contributed by atoms with Gasteiger partial charge in [-0.2, -0.15) is 0 Å². The van der Waals surface area contributed by atoms with Crippen molar-refractivity contribution in [3.05, 3.63) is 58.5 Å². The number of carbonyl (C=O) groups is 1. The van der Waals surface area contributed by atoms with Crippen molar-refractivity contribution < 1.29 is 14.3 Å². The fraction of sp³-hybridized carbons (Fsp3) is 0.118. The summed E-state index contributed by atoms with van der Waals surface area (Å²) in [5.74, 6) is 1.47. The molecule has 0 aromatic heterocycles. The number of benzene rings is 2. The third-order valence-corrected chi connectivity index (χ3v) is 4.40. The molecule has 0 atom stereocenters. The second kappa shape index (κ2) is 5.66. The number of carbonyl (C=O) groups excluding carboxylic acids is 1. The van der Waals surface area contributed by atoms with E-state index in [0.717, 1.165) is 21.8 Å². The molecule has 2 aromatic carbocycles. The predicted molar refractivity (Wildman–Crippen MR) is 84.2 cm³/mol. The Balaban J connectivity index is 1.99. The molecule has 2 aromatic rings. The Labute approximate surface area is 127 Å². The van der Waals surface area contributed by atoms with Gasteiger partial charge in [0.25, 0.3) is 0 Å². The van der Waals surface area contributed by atoms with E-state index >= 15 is 0 Å². The summed E-state index contributed by atoms with van der Waals surface area (Å²) in [6, 6.07) is 13.2. The zero-order chi connectivity index (χ0) is 14.8. The summed E-state index contributed by atoms with van der Waals surface area (Å²) in [7, 11) is 3.22. The van der Waals surface area contributed by atoms with Crippen LogP contribution in [0.25, 0.3) is 6.08 Å². The number of ketones is 1. The molecule has 0 unspecified atom stereocenters. The Morgan fingerprint density at radius 3 is 2.57 bits per heavy atom. The van der Waals surface area contributed by atoms with Crippen LogP contribution in [0.1, 0.15) is 15.9 Å². The SMILES string of the molecule is COc1ccc(/C=C2/Sc3ccccc3C2=O)c(OC)c1. The molecule has 3 rings (SSSR count). The summed E-state index contributed by atoms with van der Waals surface area (Å²) in [5.41, 5.74) is 1.63. The normalized spacial score (nSPS) is 15.1. The van der Waals surface area contributed by atoms with Crippen LogP contribution >= 0.6 is 11.8 Å². The van der Waals surface area contributed by atoms with Crippen molar-refractivity contribution in [1.82, 2.24) is 0 Å². The van der Waals surface area contributed by atoms with Gasteiger partial charge in [-0.3, -0.25) is 4.79 Å². The second-order valence-corrected chi connectivity index (χ2v) is 5.63. The van der Waals surface area contributed by atoms with Gasteiger partial charge in [0.15, 0.2) is 0 Å². The van der Waals surface area contributed by atoms with Crippen molar-refractivity contribution in [2.24, 2.45) is 0 Å². The third kappa shape index (κ3) is 2.54. The first-order valence-electron chi connectivity index (χ1n) is 6.48. The van der Waals surface area contributed by atoms with Crippen molar-refractivity contribution in [3.63, 3.8) is 0 Å². The number of hydrogen-bond acceptors (Lipinski definition) is 4. The lowest BCUT2D eigenvalue weighted by molar-refractivity contribution is 0.104. The Morgan fingerprint density at radius 2 is 1.86 bits per heavy atom. The van der Waals surface area contributed by atoms with E-state index in [1.54, 1.807) is 14.2 Å². The van der Waals surface area contributed by atoms with Gasteiger partial charge in [0.05, 0.1) is 19.1 Å². The van der Waals surface area contributed by atoms with Crippen LogP contribution in [0.2, 0.25) is 0 Å². The number of ether oxygens (including phenoxy) is 2. The van der Waals surface area contributed by atoms with Gasteiger partial charge in [0.1, 0.15) is 11.5 Å². The van der Waals surface area contributed by atoms with Crippen LogP contribution in [0.3, 0.4) is 0 Å². The Morgan fingerprint density at radius 1 is 1.05 bits per heavy atom. The zero-order valence-electron chi connectivity index (χ0n) is 11.8. The minimum Gasteiger partial charge on any atom is -0.497 e. The number of methoxy groups -OCH3 is 2. The van der Waals surface area contributed by atoms with Crippen molar-refractivity contribution in [3.8, 4) is 11.5 Å². The molecule has 0 amide bonds. The standard InChI is InChI=1S/C17H14O3S/c1-19-12-8-7-11(14(10-12)20-2)9-16-17(18)13-5-3-4-6-15(13)21-16/h3-10H,1-2H3/b16-9+. The Bertz CT molecular complexity index is 735. The van der Waals surface area contributed by atoms with Gasteiger partial charge in [0, 0.05) is 22.1 Å². The molecule has 1 aliphatic rings. The quantitative estimate of drug-likeness (QED) is 0.801. The minimum absolute atomic E-state index is 0.0634. The minimum atomic E-state index is 0.0634. The number of thioether (sulfide) groups is 1. The molecule has 1 aliphatic heterocycles. The average Bonchev–Trinajstić information content (AvgIpc) is 2.84. The first-order valence-corrected chi connectivity index (χ1v) is 7.30. The van der Waals surface area contributed by atoms with Gasteiger partial charge in [0.2, 0.25) is 5.78 Å². The highest BCUT2D eigenvalue weighted by molar-refractivity contribution is 8.04. The van der Waals surface area contributed by atoms with Crippen LogP contribution < -0.4 is 9.47 Å². The van der Waals surface area contributed by atoms with E-state index in [1.807, 2.05) is 48.5 Å². The maximum Gasteiger partial charge on any atom is 0.200 e. The van der Waals surface area contributed by atoms with Crippen LogP contribution in [-0.4, -0.2) is 20.0 Å². The number of hydrogen-bond donors (Lipinski definition) is 0. The maximum atomic E-state index is 12.4. The molecule has 106 valence electrons. The number of fused-ring (bicyclic) bond motifs is 1. The van der Waals surface area contributed by atoms with Gasteiger partial charge in [-0.25, -0.2) is 0 Å². The summed E-state index contributed by atoms with van der Waals surface area (Å²) in [6.45, 7) is 0. The lowest BCUT2D eigenvalue weighted by Gasteiger charge is -2.07. The summed E-state index contributed by atoms with van der Waals surface area (Å²) >= 11 is 1.49. The molecule has 0 fully saturated rings. The Hall–Kier alpha value is -2.20. The molecule has 0 aliphatic carbocycles. The van der Waals surface area contributed by atoms with Gasteiger partial charge in [-0.15, -0.1) is 0 Å². The van der Waals surface area contributed by atoms with Crippen molar-refractivity contribution in [2.45, 2.75) is 4.90 Å². The molecule has 4 heteroatoms. The second-order valence-electron chi connectivity index (χ2n) is 4.54. The van der Waals surface area contributed by atoms with Gasteiger partial charge < -0.3 is 9.47 Å². The summed E-state index contributed by atoms with van der Waals surface area (Å²) in [4.78, 5) is 14.1. The lowest BCUT2D eigenvalue weighted by atomic mass is 10.1. The van der Waals surface area contributed by atoms with E-state index in [9.17, 15) is 4.79 Å². The first kappa shape index (κ1) is 13.8. The molecule has 0 N–H and O–H groups in total. The molecule has 1 heterocycles. The lowest BCUT2D eigenvalue weighted by Crippen LogP contribution is -1.95. The van der Waals surface area contributed by atoms with E-state index in [1.165, 1.54) is 11.8 Å². The van der Waals surface area contributed by atoms with Crippen molar-refractivity contribution >= 4 is 23.6 Å². The van der Waals surface area contributed by atoms with Crippen molar-refractivity contribution in [1.29, 1.82) is 0 Å². The third-order valence-electron chi connectivity index (χ3n) is 3.30. The van der Waals surface area contributed by atoms with Crippen LogP contribution in [0.4, 0.5) is 0 Å². The maximum absolute atomic E-state index is 12.4. The van der Waals surface area contributed by atoms with Crippen LogP contribution in [0.5, 0.6) is 11.5 Å². The molecule has 0 saturated carbocycles. The predicted octanol–water partition coefficient (Wildman–Crippen LogP) is 4.03. The molecule has 0 saturated heterocycles. The number of Topliss-reactive ketones (excluding diaryl/α,β-unsaturated/α-hetero) is 1. The highest BCUT2D eigenvalue weighted by atomic mass is 32.2. The average molecular weight is 298 g/mol. The fourth-order valence-electron chi connectivity index (χ4n) is 2.21. The summed E-state index contributed by atoms with van der Waals surface area (Å²) in [6.07, 6.45) is 1.87. The topological polar surface area (TPSA) is 35.5 Å². The molecule has 3 nitrogen and oxygen atoms in total. The monoisotopic (exact) mass is 298 g/mol. The van der Waals surface area contributed by atoms with Gasteiger partial charge >= 0.3 is 0 Å². The van der Waals surface area contributed by atoms with E-state index in [2.05, 4.69) is 0 Å². The number of allylic oxidation sites excluding steroid dienone is 1. The van der Waals surface area contributed by atoms with E-state index < -0.39 is 0 Å². The first-order chi connectivity index (χ1) is 10.2. The summed E-state index contributed by atoms with van der Waals surface area (Å²) < 4.78 is 10.5. The number of rotatable bonds is 3. The molecular formula is C17H14O3S. The fourth-order valence-corrected chi connectivity index (χ4v) is 3.26. The molecular weight excluding hydrogens is 284 g/mol. The molecule has 0 bridgehead atoms. The van der Waals surface area contributed by atoms with Crippen LogP contribution in [0, 0.1) is 0 Å². The Kier molecular flexibility index (Phi) is 3.71. The molecule has 0 radical (unpaired) electrons. The zero-order valence-corrected chi connectivity index (χ0v) is 12.6. The molecule has 0 spiro atoms. The smallest absolute Gasteiger partial charge is 0.200 e. The van der Waals surface area contributed by atoms with E-state index in [-0.39, 0.29) is 5.78 Å². The highest BCUT2D eigenvalue weighted by Gasteiger charge is 2.25. The largest absolute Gasteiger partial charge is 0.497 e.